The SMILES string of the molecule is O=C(NCCNC(=O)c1ccc(S(=O)(=O)Nc2ccc(CO)cc2)c([N+](=O)[O-])c1)OCC1c2ccccc2-c2ccccc21. The van der Waals surface area contributed by atoms with E-state index < -0.39 is 37.5 Å². The Morgan fingerprint density at radius 1 is 0.864 bits per heavy atom. The average molecular weight is 617 g/mol. The second-order valence-electron chi connectivity index (χ2n) is 9.91. The highest BCUT2D eigenvalue weighted by Gasteiger charge is 2.29. The van der Waals surface area contributed by atoms with E-state index in [-0.39, 0.29) is 43.5 Å². The number of alkyl carbamates (subject to hydrolysis) is 1. The lowest BCUT2D eigenvalue weighted by Crippen LogP contribution is -2.35. The van der Waals surface area contributed by atoms with Gasteiger partial charge < -0.3 is 20.5 Å². The highest BCUT2D eigenvalue weighted by Crippen LogP contribution is 2.44. The van der Waals surface area contributed by atoms with Gasteiger partial charge in [-0.1, -0.05) is 60.7 Å². The molecule has 226 valence electrons. The lowest BCUT2D eigenvalue weighted by atomic mass is 9.98. The fourth-order valence-corrected chi connectivity index (χ4v) is 6.22. The van der Waals surface area contributed by atoms with Gasteiger partial charge in [0, 0.05) is 36.3 Å². The molecular weight excluding hydrogens is 588 g/mol. The third kappa shape index (κ3) is 6.53. The van der Waals surface area contributed by atoms with Crippen molar-refractivity contribution in [3.8, 4) is 11.1 Å². The molecule has 0 atom stereocenters. The van der Waals surface area contributed by atoms with E-state index in [1.165, 1.54) is 24.3 Å². The van der Waals surface area contributed by atoms with E-state index in [2.05, 4.69) is 15.4 Å². The van der Waals surface area contributed by atoms with Gasteiger partial charge in [-0.2, -0.15) is 0 Å². The van der Waals surface area contributed by atoms with E-state index in [0.29, 0.717) is 5.56 Å². The van der Waals surface area contributed by atoms with Gasteiger partial charge in [0.25, 0.3) is 21.6 Å². The Morgan fingerprint density at radius 3 is 2.09 bits per heavy atom. The molecule has 4 N–H and O–H groups in total. The number of hydrogen-bond acceptors (Lipinski definition) is 8. The first kappa shape index (κ1) is 30.2. The summed E-state index contributed by atoms with van der Waals surface area (Å²) >= 11 is 0. The van der Waals surface area contributed by atoms with E-state index in [4.69, 9.17) is 9.84 Å². The number of aliphatic hydroxyl groups is 1. The molecule has 0 aliphatic heterocycles. The number of anilines is 1. The van der Waals surface area contributed by atoms with Crippen molar-refractivity contribution in [1.82, 2.24) is 10.6 Å². The molecule has 0 radical (unpaired) electrons. The van der Waals surface area contributed by atoms with Crippen molar-refractivity contribution in [3.63, 3.8) is 0 Å². The zero-order chi connectivity index (χ0) is 31.3. The molecule has 0 saturated carbocycles. The third-order valence-corrected chi connectivity index (χ3v) is 8.55. The van der Waals surface area contributed by atoms with Crippen LogP contribution < -0.4 is 15.4 Å². The topological polar surface area (TPSA) is 177 Å². The Labute approximate surface area is 252 Å². The number of ether oxygens (including phenoxy) is 1. The standard InChI is InChI=1S/C31H28N4O8S/c36-18-20-9-12-22(13-10-20)34-44(41,42)29-14-11-21(17-28(29)35(39)40)30(37)32-15-16-33-31(38)43-19-27-25-7-3-1-5-23(25)24-6-2-4-8-26(24)27/h1-14,17,27,34,36H,15-16,18-19H2,(H,32,37)(H,33,38). The van der Waals surface area contributed by atoms with Gasteiger partial charge in [0.15, 0.2) is 4.90 Å². The summed E-state index contributed by atoms with van der Waals surface area (Å²) in [5.41, 5.74) is 4.15. The summed E-state index contributed by atoms with van der Waals surface area (Å²) < 4.78 is 33.5. The second-order valence-corrected chi connectivity index (χ2v) is 11.6. The number of nitrogens with zero attached hydrogens (tertiary/aromatic N) is 1. The monoisotopic (exact) mass is 616 g/mol. The predicted octanol–water partition coefficient (Wildman–Crippen LogP) is 4.16. The Kier molecular flexibility index (Phi) is 8.88. The molecule has 12 nitrogen and oxygen atoms in total. The van der Waals surface area contributed by atoms with Crippen LogP contribution in [-0.4, -0.2) is 50.1 Å². The summed E-state index contributed by atoms with van der Waals surface area (Å²) in [4.78, 5) is 35.2. The molecule has 44 heavy (non-hydrogen) atoms. The number of amides is 2. The van der Waals surface area contributed by atoms with Crippen LogP contribution in [0.3, 0.4) is 0 Å². The van der Waals surface area contributed by atoms with Crippen LogP contribution in [0.25, 0.3) is 11.1 Å². The number of benzene rings is 4. The molecule has 1 aliphatic rings. The first-order valence-electron chi connectivity index (χ1n) is 13.6. The minimum atomic E-state index is -4.37. The van der Waals surface area contributed by atoms with Gasteiger partial charge >= 0.3 is 6.09 Å². The largest absolute Gasteiger partial charge is 0.449 e. The van der Waals surface area contributed by atoms with Crippen LogP contribution >= 0.6 is 0 Å². The average Bonchev–Trinajstić information content (AvgIpc) is 3.35. The molecular formula is C31H28N4O8S. The van der Waals surface area contributed by atoms with E-state index in [0.717, 1.165) is 40.5 Å². The fourth-order valence-electron chi connectivity index (χ4n) is 5.01. The summed E-state index contributed by atoms with van der Waals surface area (Å²) in [6.45, 7) is -0.0836. The number of nitrogens with one attached hydrogen (secondary N) is 3. The molecule has 0 bridgehead atoms. The lowest BCUT2D eigenvalue weighted by molar-refractivity contribution is -0.387. The number of hydrogen-bond donors (Lipinski definition) is 4. The predicted molar refractivity (Wildman–Crippen MR) is 162 cm³/mol. The number of nitro benzene ring substituents is 1. The van der Waals surface area contributed by atoms with Crippen LogP contribution in [0.4, 0.5) is 16.2 Å². The maximum absolute atomic E-state index is 12.9. The summed E-state index contributed by atoms with van der Waals surface area (Å²) in [5, 5.41) is 25.9. The Hall–Kier alpha value is -5.27. The van der Waals surface area contributed by atoms with Gasteiger partial charge in [0.1, 0.15) is 6.61 Å². The van der Waals surface area contributed by atoms with Crippen LogP contribution in [0, 0.1) is 10.1 Å². The number of fused-ring (bicyclic) bond motifs is 3. The van der Waals surface area contributed by atoms with Crippen molar-refractivity contribution in [1.29, 1.82) is 0 Å². The van der Waals surface area contributed by atoms with Gasteiger partial charge in [0.05, 0.1) is 11.5 Å². The van der Waals surface area contributed by atoms with Crippen molar-refractivity contribution in [2.75, 3.05) is 24.4 Å². The summed E-state index contributed by atoms with van der Waals surface area (Å²) in [7, 11) is -4.37. The zero-order valence-corrected chi connectivity index (χ0v) is 24.0. The molecule has 1 aliphatic carbocycles. The van der Waals surface area contributed by atoms with Crippen molar-refractivity contribution >= 4 is 33.4 Å². The molecule has 0 saturated heterocycles. The van der Waals surface area contributed by atoms with Gasteiger partial charge in [-0.3, -0.25) is 19.6 Å². The van der Waals surface area contributed by atoms with Crippen LogP contribution in [0.2, 0.25) is 0 Å². The van der Waals surface area contributed by atoms with Crippen molar-refractivity contribution in [2.45, 2.75) is 17.4 Å². The molecule has 0 heterocycles. The molecule has 0 unspecified atom stereocenters. The van der Waals surface area contributed by atoms with Crippen molar-refractivity contribution < 1.29 is 32.8 Å². The van der Waals surface area contributed by atoms with E-state index in [9.17, 15) is 28.1 Å². The summed E-state index contributed by atoms with van der Waals surface area (Å²) in [5.74, 6) is -0.795. The van der Waals surface area contributed by atoms with Gasteiger partial charge in [0.2, 0.25) is 0 Å². The number of aliphatic hydroxyl groups excluding tert-OH is 1. The minimum Gasteiger partial charge on any atom is -0.449 e. The zero-order valence-electron chi connectivity index (χ0n) is 23.2. The maximum atomic E-state index is 12.9. The van der Waals surface area contributed by atoms with Gasteiger partial charge in [-0.15, -0.1) is 0 Å². The molecule has 0 aromatic heterocycles. The number of sulfonamides is 1. The molecule has 4 aromatic rings. The number of carbonyl (C=O) groups excluding carboxylic acids is 2. The fraction of sp³-hybridized carbons (Fsp3) is 0.161. The molecule has 13 heteroatoms. The van der Waals surface area contributed by atoms with Gasteiger partial charge in [-0.25, -0.2) is 13.2 Å². The summed E-state index contributed by atoms with van der Waals surface area (Å²) in [6.07, 6.45) is -0.662. The lowest BCUT2D eigenvalue weighted by Gasteiger charge is -2.14. The third-order valence-electron chi connectivity index (χ3n) is 7.12. The first-order chi connectivity index (χ1) is 21.2. The van der Waals surface area contributed by atoms with Crippen molar-refractivity contribution in [2.24, 2.45) is 0 Å². The Morgan fingerprint density at radius 2 is 1.48 bits per heavy atom. The summed E-state index contributed by atoms with van der Waals surface area (Å²) in [6, 6.07) is 24.7. The van der Waals surface area contributed by atoms with Crippen LogP contribution in [0.5, 0.6) is 0 Å². The second kappa shape index (κ2) is 12.9. The molecule has 2 amide bonds. The smallest absolute Gasteiger partial charge is 0.407 e. The molecule has 0 spiro atoms. The normalized spacial score (nSPS) is 12.1. The number of nitro groups is 1. The minimum absolute atomic E-state index is 0.0116. The quantitative estimate of drug-likeness (QED) is 0.110. The molecule has 0 fully saturated rings. The molecule has 4 aromatic carbocycles. The first-order valence-corrected chi connectivity index (χ1v) is 15.0. The Balaban J connectivity index is 1.14. The van der Waals surface area contributed by atoms with E-state index in [1.807, 2.05) is 48.5 Å². The highest BCUT2D eigenvalue weighted by atomic mass is 32.2. The van der Waals surface area contributed by atoms with Crippen LogP contribution in [-0.2, 0) is 21.4 Å². The molecule has 5 rings (SSSR count). The highest BCUT2D eigenvalue weighted by molar-refractivity contribution is 7.92. The van der Waals surface area contributed by atoms with Crippen molar-refractivity contribution in [3.05, 3.63) is 123 Å². The van der Waals surface area contributed by atoms with E-state index >= 15 is 0 Å². The van der Waals surface area contributed by atoms with Crippen LogP contribution in [0.1, 0.15) is 33.0 Å². The van der Waals surface area contributed by atoms with E-state index in [1.54, 1.807) is 0 Å². The Bertz CT molecular complexity index is 1780. The van der Waals surface area contributed by atoms with Gasteiger partial charge in [-0.05, 0) is 52.1 Å². The van der Waals surface area contributed by atoms with Crippen LogP contribution in [0.15, 0.2) is 95.9 Å². The number of rotatable bonds is 11. The maximum Gasteiger partial charge on any atom is 0.407 e. The number of carbonyl (C=O) groups is 2.